The van der Waals surface area contributed by atoms with E-state index in [-0.39, 0.29) is 12.4 Å². The predicted octanol–water partition coefficient (Wildman–Crippen LogP) is 3.32. The number of likely N-dealkylation sites (tertiary alicyclic amines) is 1. The van der Waals surface area contributed by atoms with E-state index in [1.54, 1.807) is 7.11 Å². The van der Waals surface area contributed by atoms with Gasteiger partial charge >= 0.3 is 0 Å². The highest BCUT2D eigenvalue weighted by Gasteiger charge is 2.37. The summed E-state index contributed by atoms with van der Waals surface area (Å²) in [5.74, 6) is 3.24. The summed E-state index contributed by atoms with van der Waals surface area (Å²) in [4.78, 5) is 2.59. The number of hydrogen-bond acceptors (Lipinski definition) is 3. The summed E-state index contributed by atoms with van der Waals surface area (Å²) in [7, 11) is 1.76. The molecule has 20 heavy (non-hydrogen) atoms. The third kappa shape index (κ3) is 2.75. The highest BCUT2D eigenvalue weighted by atomic mass is 35.5. The van der Waals surface area contributed by atoms with E-state index in [1.807, 2.05) is 6.07 Å². The van der Waals surface area contributed by atoms with Gasteiger partial charge in [-0.2, -0.15) is 0 Å². The lowest BCUT2D eigenvalue weighted by Crippen LogP contribution is -2.43. The van der Waals surface area contributed by atoms with Crippen LogP contribution in [0.1, 0.15) is 31.2 Å². The van der Waals surface area contributed by atoms with E-state index in [0.29, 0.717) is 11.8 Å². The smallest absolute Gasteiger partial charge is 0.126 e. The Kier molecular flexibility index (Phi) is 5.17. The van der Waals surface area contributed by atoms with E-state index in [0.717, 1.165) is 24.7 Å². The van der Waals surface area contributed by atoms with Crippen LogP contribution in [0.2, 0.25) is 0 Å². The summed E-state index contributed by atoms with van der Waals surface area (Å²) >= 11 is 0. The first-order valence-electron chi connectivity index (χ1n) is 7.35. The first kappa shape index (κ1) is 15.5. The van der Waals surface area contributed by atoms with Gasteiger partial charge in [0.05, 0.1) is 13.7 Å². The molecule has 2 aliphatic heterocycles. The molecule has 1 aromatic rings. The summed E-state index contributed by atoms with van der Waals surface area (Å²) < 4.78 is 11.5. The van der Waals surface area contributed by atoms with Crippen LogP contribution in [0.15, 0.2) is 18.2 Å². The lowest BCUT2D eigenvalue weighted by Gasteiger charge is -2.42. The van der Waals surface area contributed by atoms with Crippen molar-refractivity contribution >= 4 is 12.4 Å². The molecule has 1 saturated heterocycles. The van der Waals surface area contributed by atoms with Crippen LogP contribution in [0, 0.1) is 5.92 Å². The SMILES string of the molecule is CCCN1CC[C@H]2COc3cccc(OC)c3[C@H]2C1.Cl. The van der Waals surface area contributed by atoms with E-state index in [2.05, 4.69) is 24.0 Å². The number of rotatable bonds is 3. The molecule has 2 aliphatic rings. The van der Waals surface area contributed by atoms with Gasteiger partial charge in [0.25, 0.3) is 0 Å². The van der Waals surface area contributed by atoms with Crippen molar-refractivity contribution in [3.63, 3.8) is 0 Å². The lowest BCUT2D eigenvalue weighted by molar-refractivity contribution is 0.0974. The standard InChI is InChI=1S/C16H23NO2.ClH/c1-3-8-17-9-7-12-11-19-15-6-4-5-14(18-2)16(15)13(12)10-17;/h4-6,12-13H,3,7-11H2,1-2H3;1H/t12-,13-;/m0./s1. The first-order chi connectivity index (χ1) is 9.33. The predicted molar refractivity (Wildman–Crippen MR) is 83.3 cm³/mol. The van der Waals surface area contributed by atoms with Crippen molar-refractivity contribution in [2.24, 2.45) is 5.92 Å². The Morgan fingerprint density at radius 2 is 2.25 bits per heavy atom. The molecule has 1 fully saturated rings. The molecule has 0 radical (unpaired) electrons. The Labute approximate surface area is 127 Å². The fourth-order valence-corrected chi connectivity index (χ4v) is 3.50. The number of ether oxygens (including phenoxy) is 2. The number of halogens is 1. The second-order valence-corrected chi connectivity index (χ2v) is 5.64. The first-order valence-corrected chi connectivity index (χ1v) is 7.35. The fourth-order valence-electron chi connectivity index (χ4n) is 3.50. The summed E-state index contributed by atoms with van der Waals surface area (Å²) in [6.07, 6.45) is 2.47. The van der Waals surface area contributed by atoms with Crippen molar-refractivity contribution in [3.8, 4) is 11.5 Å². The van der Waals surface area contributed by atoms with Crippen molar-refractivity contribution in [3.05, 3.63) is 23.8 Å². The molecule has 0 aliphatic carbocycles. The van der Waals surface area contributed by atoms with Crippen molar-refractivity contribution in [1.82, 2.24) is 4.90 Å². The summed E-state index contributed by atoms with van der Waals surface area (Å²) in [6, 6.07) is 6.15. The van der Waals surface area contributed by atoms with Gasteiger partial charge < -0.3 is 14.4 Å². The molecule has 0 amide bonds. The largest absolute Gasteiger partial charge is 0.496 e. The number of fused-ring (bicyclic) bond motifs is 3. The van der Waals surface area contributed by atoms with Crippen molar-refractivity contribution in [2.75, 3.05) is 33.4 Å². The molecule has 3 rings (SSSR count). The van der Waals surface area contributed by atoms with Crippen LogP contribution in [-0.2, 0) is 0 Å². The monoisotopic (exact) mass is 297 g/mol. The van der Waals surface area contributed by atoms with Gasteiger partial charge in [-0.15, -0.1) is 12.4 Å². The minimum atomic E-state index is 0. The molecule has 1 aromatic carbocycles. The Bertz CT molecular complexity index is 438. The van der Waals surface area contributed by atoms with E-state index >= 15 is 0 Å². The molecule has 0 bridgehead atoms. The summed E-state index contributed by atoms with van der Waals surface area (Å²) in [5.41, 5.74) is 1.29. The Morgan fingerprint density at radius 3 is 3.00 bits per heavy atom. The topological polar surface area (TPSA) is 21.7 Å². The molecule has 2 heterocycles. The molecular weight excluding hydrogens is 274 g/mol. The molecule has 0 unspecified atom stereocenters. The minimum absolute atomic E-state index is 0. The zero-order valence-corrected chi connectivity index (χ0v) is 13.1. The quantitative estimate of drug-likeness (QED) is 0.854. The Hall–Kier alpha value is -0.930. The second-order valence-electron chi connectivity index (χ2n) is 5.64. The third-order valence-corrected chi connectivity index (χ3v) is 4.45. The van der Waals surface area contributed by atoms with Gasteiger partial charge in [0.15, 0.2) is 0 Å². The van der Waals surface area contributed by atoms with Crippen LogP contribution in [0.3, 0.4) is 0 Å². The normalized spacial score (nSPS) is 24.9. The molecule has 0 aromatic heterocycles. The molecular formula is C16H24ClNO2. The lowest BCUT2D eigenvalue weighted by atomic mass is 9.79. The number of nitrogens with zero attached hydrogens (tertiary/aromatic N) is 1. The summed E-state index contributed by atoms with van der Waals surface area (Å²) in [6.45, 7) is 6.68. The van der Waals surface area contributed by atoms with Crippen LogP contribution >= 0.6 is 12.4 Å². The number of piperidine rings is 1. The number of benzene rings is 1. The van der Waals surface area contributed by atoms with Crippen molar-refractivity contribution in [1.29, 1.82) is 0 Å². The van der Waals surface area contributed by atoms with Crippen molar-refractivity contribution < 1.29 is 9.47 Å². The maximum atomic E-state index is 5.93. The average Bonchev–Trinajstić information content (AvgIpc) is 2.46. The van der Waals surface area contributed by atoms with Crippen LogP contribution in [0.5, 0.6) is 11.5 Å². The molecule has 0 saturated carbocycles. The number of hydrogen-bond donors (Lipinski definition) is 0. The average molecular weight is 298 g/mol. The zero-order chi connectivity index (χ0) is 13.2. The van der Waals surface area contributed by atoms with E-state index < -0.39 is 0 Å². The van der Waals surface area contributed by atoms with Gasteiger partial charge in [-0.3, -0.25) is 0 Å². The zero-order valence-electron chi connectivity index (χ0n) is 12.3. The van der Waals surface area contributed by atoms with Gasteiger partial charge in [-0.05, 0) is 38.1 Å². The van der Waals surface area contributed by atoms with Crippen LogP contribution in [0.25, 0.3) is 0 Å². The van der Waals surface area contributed by atoms with Crippen LogP contribution in [0.4, 0.5) is 0 Å². The van der Waals surface area contributed by atoms with Gasteiger partial charge in [-0.25, -0.2) is 0 Å². The van der Waals surface area contributed by atoms with Crippen molar-refractivity contribution in [2.45, 2.75) is 25.7 Å². The Balaban J connectivity index is 0.00000147. The highest BCUT2D eigenvalue weighted by molar-refractivity contribution is 5.85. The minimum Gasteiger partial charge on any atom is -0.496 e. The van der Waals surface area contributed by atoms with E-state index in [9.17, 15) is 0 Å². The molecule has 2 atom stereocenters. The van der Waals surface area contributed by atoms with E-state index in [4.69, 9.17) is 9.47 Å². The maximum absolute atomic E-state index is 5.93. The van der Waals surface area contributed by atoms with Gasteiger partial charge in [0.2, 0.25) is 0 Å². The van der Waals surface area contributed by atoms with Gasteiger partial charge in [-0.1, -0.05) is 13.0 Å². The summed E-state index contributed by atoms with van der Waals surface area (Å²) in [5, 5.41) is 0. The Morgan fingerprint density at radius 1 is 1.40 bits per heavy atom. The maximum Gasteiger partial charge on any atom is 0.126 e. The van der Waals surface area contributed by atoms with Crippen LogP contribution < -0.4 is 9.47 Å². The molecule has 0 spiro atoms. The van der Waals surface area contributed by atoms with E-state index in [1.165, 1.54) is 31.5 Å². The molecule has 3 nitrogen and oxygen atoms in total. The van der Waals surface area contributed by atoms with Gasteiger partial charge in [0.1, 0.15) is 11.5 Å². The molecule has 4 heteroatoms. The fraction of sp³-hybridized carbons (Fsp3) is 0.625. The molecule has 112 valence electrons. The third-order valence-electron chi connectivity index (χ3n) is 4.45. The van der Waals surface area contributed by atoms with Gasteiger partial charge in [0, 0.05) is 23.9 Å². The number of methoxy groups -OCH3 is 1. The highest BCUT2D eigenvalue weighted by Crippen LogP contribution is 2.45. The second kappa shape index (κ2) is 6.68. The van der Waals surface area contributed by atoms with Crippen LogP contribution in [-0.4, -0.2) is 38.3 Å². The molecule has 0 N–H and O–H groups in total.